The van der Waals surface area contributed by atoms with Gasteiger partial charge in [0.1, 0.15) is 5.56 Å². The lowest BCUT2D eigenvalue weighted by Crippen LogP contribution is -2.08. The van der Waals surface area contributed by atoms with Crippen LogP contribution in [-0.2, 0) is 0 Å². The summed E-state index contributed by atoms with van der Waals surface area (Å²) in [5.41, 5.74) is -1.31. The molecular formula is C13H8FNO4. The summed E-state index contributed by atoms with van der Waals surface area (Å²) in [6.07, 6.45) is 0. The van der Waals surface area contributed by atoms with Crippen LogP contribution in [0, 0.1) is 15.9 Å². The Morgan fingerprint density at radius 2 is 1.79 bits per heavy atom. The van der Waals surface area contributed by atoms with Gasteiger partial charge in [-0.2, -0.15) is 0 Å². The van der Waals surface area contributed by atoms with Gasteiger partial charge in [-0.15, -0.1) is 0 Å². The Labute approximate surface area is 107 Å². The minimum Gasteiger partial charge on any atom is -0.505 e. The van der Waals surface area contributed by atoms with E-state index in [4.69, 9.17) is 0 Å². The zero-order valence-electron chi connectivity index (χ0n) is 9.54. The normalized spacial score (nSPS) is 10.2. The first-order valence-corrected chi connectivity index (χ1v) is 5.28. The van der Waals surface area contributed by atoms with Crippen LogP contribution in [0.3, 0.4) is 0 Å². The molecule has 0 aliphatic heterocycles. The molecule has 0 aromatic heterocycles. The number of phenolic OH excluding ortho intramolecular Hbond substituents is 1. The first-order valence-electron chi connectivity index (χ1n) is 5.28. The summed E-state index contributed by atoms with van der Waals surface area (Å²) in [5.74, 6) is -2.94. The average Bonchev–Trinajstić information content (AvgIpc) is 2.41. The number of nitro groups is 1. The number of nitrogens with zero attached hydrogens (tertiary/aromatic N) is 1. The van der Waals surface area contributed by atoms with E-state index in [1.165, 1.54) is 12.1 Å². The Morgan fingerprint density at radius 1 is 1.16 bits per heavy atom. The van der Waals surface area contributed by atoms with Crippen molar-refractivity contribution in [3.05, 3.63) is 69.5 Å². The smallest absolute Gasteiger partial charge is 0.283 e. The first-order chi connectivity index (χ1) is 9.02. The average molecular weight is 261 g/mol. The number of halogens is 1. The molecule has 0 radical (unpaired) electrons. The fraction of sp³-hybridized carbons (Fsp3) is 0. The molecule has 1 N–H and O–H groups in total. The Morgan fingerprint density at radius 3 is 2.37 bits per heavy atom. The van der Waals surface area contributed by atoms with Crippen LogP contribution in [0.25, 0.3) is 0 Å². The van der Waals surface area contributed by atoms with E-state index in [9.17, 15) is 24.4 Å². The van der Waals surface area contributed by atoms with Crippen molar-refractivity contribution in [2.75, 3.05) is 0 Å². The molecule has 19 heavy (non-hydrogen) atoms. The number of hydrogen-bond acceptors (Lipinski definition) is 4. The zero-order valence-corrected chi connectivity index (χ0v) is 9.54. The molecule has 96 valence electrons. The van der Waals surface area contributed by atoms with Gasteiger partial charge < -0.3 is 5.11 Å². The molecule has 0 unspecified atom stereocenters. The molecule has 0 bridgehead atoms. The molecule has 0 atom stereocenters. The second-order valence-electron chi connectivity index (χ2n) is 3.75. The number of ketones is 1. The third kappa shape index (κ3) is 2.28. The van der Waals surface area contributed by atoms with Crippen molar-refractivity contribution < 1.29 is 19.2 Å². The maximum Gasteiger partial charge on any atom is 0.283 e. The van der Waals surface area contributed by atoms with Gasteiger partial charge >= 0.3 is 0 Å². The van der Waals surface area contributed by atoms with Crippen molar-refractivity contribution in [2.24, 2.45) is 0 Å². The molecule has 2 aromatic rings. The molecule has 0 saturated carbocycles. The lowest BCUT2D eigenvalue weighted by atomic mass is 10.0. The van der Waals surface area contributed by atoms with E-state index in [0.29, 0.717) is 0 Å². The van der Waals surface area contributed by atoms with Crippen LogP contribution >= 0.6 is 0 Å². The van der Waals surface area contributed by atoms with Gasteiger partial charge in [0.25, 0.3) is 5.69 Å². The Bertz CT molecular complexity index is 655. The molecule has 2 rings (SSSR count). The highest BCUT2D eigenvalue weighted by atomic mass is 19.1. The largest absolute Gasteiger partial charge is 0.505 e. The quantitative estimate of drug-likeness (QED) is 0.523. The number of benzene rings is 2. The van der Waals surface area contributed by atoms with Gasteiger partial charge in [0.15, 0.2) is 11.6 Å². The number of hydrogen-bond donors (Lipinski definition) is 1. The highest BCUT2D eigenvalue weighted by molar-refractivity contribution is 6.11. The van der Waals surface area contributed by atoms with Crippen molar-refractivity contribution in [3.8, 4) is 5.75 Å². The van der Waals surface area contributed by atoms with Crippen molar-refractivity contribution in [1.82, 2.24) is 0 Å². The molecule has 6 heteroatoms. The van der Waals surface area contributed by atoms with Crippen molar-refractivity contribution in [2.45, 2.75) is 0 Å². The number of phenols is 1. The van der Waals surface area contributed by atoms with E-state index in [2.05, 4.69) is 0 Å². The van der Waals surface area contributed by atoms with Crippen molar-refractivity contribution in [3.63, 3.8) is 0 Å². The summed E-state index contributed by atoms with van der Waals surface area (Å²) in [4.78, 5) is 22.1. The Balaban J connectivity index is 2.64. The molecule has 0 aliphatic rings. The minimum absolute atomic E-state index is 0.107. The summed E-state index contributed by atoms with van der Waals surface area (Å²) >= 11 is 0. The van der Waals surface area contributed by atoms with Crippen LogP contribution in [0.15, 0.2) is 42.5 Å². The molecule has 0 saturated heterocycles. The van der Waals surface area contributed by atoms with Gasteiger partial charge in [-0.3, -0.25) is 14.9 Å². The van der Waals surface area contributed by atoms with Gasteiger partial charge in [0.2, 0.25) is 5.78 Å². The van der Waals surface area contributed by atoms with E-state index < -0.39 is 33.5 Å². The molecular weight excluding hydrogens is 253 g/mol. The summed E-state index contributed by atoms with van der Waals surface area (Å²) in [6, 6.07) is 9.33. The number of rotatable bonds is 3. The summed E-state index contributed by atoms with van der Waals surface area (Å²) < 4.78 is 13.8. The third-order valence-electron chi connectivity index (χ3n) is 2.56. The van der Waals surface area contributed by atoms with Crippen LogP contribution in [-0.4, -0.2) is 15.8 Å². The molecule has 5 nitrogen and oxygen atoms in total. The van der Waals surface area contributed by atoms with Gasteiger partial charge in [-0.05, 0) is 6.07 Å². The van der Waals surface area contributed by atoms with Crippen molar-refractivity contribution in [1.29, 1.82) is 0 Å². The number of aromatic hydroxyl groups is 1. The van der Waals surface area contributed by atoms with E-state index in [0.717, 1.165) is 12.1 Å². The summed E-state index contributed by atoms with van der Waals surface area (Å²) in [7, 11) is 0. The fourth-order valence-electron chi connectivity index (χ4n) is 1.66. The Hall–Kier alpha value is -2.76. The SMILES string of the molecule is O=C(c1ccccc1)c1c([N+](=O)[O-])ccc(O)c1F. The van der Waals surface area contributed by atoms with Crippen LogP contribution in [0.4, 0.5) is 10.1 Å². The molecule has 0 spiro atoms. The fourth-order valence-corrected chi connectivity index (χ4v) is 1.66. The lowest BCUT2D eigenvalue weighted by Gasteiger charge is -2.05. The van der Waals surface area contributed by atoms with Crippen LogP contribution < -0.4 is 0 Å². The van der Waals surface area contributed by atoms with Crippen molar-refractivity contribution >= 4 is 11.5 Å². The zero-order chi connectivity index (χ0) is 14.0. The van der Waals surface area contributed by atoms with E-state index in [1.54, 1.807) is 18.2 Å². The van der Waals surface area contributed by atoms with E-state index in [1.807, 2.05) is 0 Å². The second-order valence-corrected chi connectivity index (χ2v) is 3.75. The van der Waals surface area contributed by atoms with Gasteiger partial charge in [0.05, 0.1) is 4.92 Å². The van der Waals surface area contributed by atoms with Gasteiger partial charge in [0, 0.05) is 11.6 Å². The van der Waals surface area contributed by atoms with Crippen LogP contribution in [0.1, 0.15) is 15.9 Å². The third-order valence-corrected chi connectivity index (χ3v) is 2.56. The predicted molar refractivity (Wildman–Crippen MR) is 64.6 cm³/mol. The maximum atomic E-state index is 13.8. The Kier molecular flexibility index (Phi) is 3.24. The predicted octanol–water partition coefficient (Wildman–Crippen LogP) is 2.67. The summed E-state index contributed by atoms with van der Waals surface area (Å²) in [6.45, 7) is 0. The molecule has 0 fully saturated rings. The van der Waals surface area contributed by atoms with Crippen LogP contribution in [0.5, 0.6) is 5.75 Å². The minimum atomic E-state index is -1.29. The number of carbonyl (C=O) groups is 1. The molecule has 0 amide bonds. The van der Waals surface area contributed by atoms with Gasteiger partial charge in [-0.1, -0.05) is 30.3 Å². The first kappa shape index (κ1) is 12.7. The number of nitro benzene ring substituents is 1. The monoisotopic (exact) mass is 261 g/mol. The van der Waals surface area contributed by atoms with Gasteiger partial charge in [-0.25, -0.2) is 4.39 Å². The summed E-state index contributed by atoms with van der Waals surface area (Å²) in [5, 5.41) is 20.1. The number of carbonyl (C=O) groups excluding carboxylic acids is 1. The van der Waals surface area contributed by atoms with E-state index in [-0.39, 0.29) is 5.56 Å². The molecule has 2 aromatic carbocycles. The second kappa shape index (κ2) is 4.85. The maximum absolute atomic E-state index is 13.8. The van der Waals surface area contributed by atoms with Crippen LogP contribution in [0.2, 0.25) is 0 Å². The molecule has 0 heterocycles. The topological polar surface area (TPSA) is 80.4 Å². The highest BCUT2D eigenvalue weighted by Gasteiger charge is 2.27. The van der Waals surface area contributed by atoms with E-state index >= 15 is 0 Å². The highest BCUT2D eigenvalue weighted by Crippen LogP contribution is 2.29. The standard InChI is InChI=1S/C13H8FNO4/c14-12-10(16)7-6-9(15(18)19)11(12)13(17)8-4-2-1-3-5-8/h1-7,16H. The lowest BCUT2D eigenvalue weighted by molar-refractivity contribution is -0.385. The molecule has 0 aliphatic carbocycles.